The number of ether oxygens (including phenoxy) is 1. The van der Waals surface area contributed by atoms with Crippen LogP contribution in [0.4, 0.5) is 0 Å². The van der Waals surface area contributed by atoms with E-state index in [-0.39, 0.29) is 23.6 Å². The normalized spacial score (nSPS) is 19.5. The Morgan fingerprint density at radius 2 is 1.64 bits per heavy atom. The fourth-order valence-corrected chi connectivity index (χ4v) is 6.37. The first-order valence-corrected chi connectivity index (χ1v) is 15.9. The molecule has 3 aromatic rings. The summed E-state index contributed by atoms with van der Waals surface area (Å²) < 4.78 is 5.56. The third-order valence-corrected chi connectivity index (χ3v) is 8.98. The van der Waals surface area contributed by atoms with Crippen LogP contribution in [0.3, 0.4) is 0 Å². The maximum Gasteiger partial charge on any atom is 0.312 e. The highest BCUT2D eigenvalue weighted by atomic mass is 16.5. The molecule has 0 heterocycles. The molecular formula is C38H48N2O4. The molecule has 44 heavy (non-hydrogen) atoms. The molecule has 0 aromatic heterocycles. The zero-order valence-electron chi connectivity index (χ0n) is 26.8. The molecule has 1 atom stereocenters. The summed E-state index contributed by atoms with van der Waals surface area (Å²) in [6.45, 7) is 6.03. The molecule has 2 N–H and O–H groups in total. The van der Waals surface area contributed by atoms with E-state index in [0.717, 1.165) is 34.7 Å². The summed E-state index contributed by atoms with van der Waals surface area (Å²) in [6, 6.07) is 23.9. The monoisotopic (exact) mass is 596 g/mol. The zero-order valence-corrected chi connectivity index (χ0v) is 26.8. The van der Waals surface area contributed by atoms with Crippen molar-refractivity contribution in [3.05, 3.63) is 96.1 Å². The first-order chi connectivity index (χ1) is 21.0. The molecule has 1 aliphatic rings. The summed E-state index contributed by atoms with van der Waals surface area (Å²) in [4.78, 5) is 42.1. The number of hydrogen-bond donors (Lipinski definition) is 1. The van der Waals surface area contributed by atoms with Crippen molar-refractivity contribution in [1.29, 1.82) is 0 Å². The van der Waals surface area contributed by atoms with Crippen LogP contribution in [0.25, 0.3) is 10.8 Å². The molecule has 1 aliphatic carbocycles. The summed E-state index contributed by atoms with van der Waals surface area (Å²) in [5.41, 5.74) is 7.24. The highest BCUT2D eigenvalue weighted by Gasteiger charge is 2.43. The van der Waals surface area contributed by atoms with Crippen molar-refractivity contribution < 1.29 is 19.1 Å². The maximum atomic E-state index is 14.0. The van der Waals surface area contributed by atoms with Crippen molar-refractivity contribution >= 4 is 28.4 Å². The Balaban J connectivity index is 1.50. The van der Waals surface area contributed by atoms with Gasteiger partial charge < -0.3 is 15.4 Å². The molecule has 0 aliphatic heterocycles. The molecule has 6 nitrogen and oxygen atoms in total. The van der Waals surface area contributed by atoms with Crippen LogP contribution in [-0.2, 0) is 32.0 Å². The number of carbonyl (C=O) groups excluding carboxylic acids is 3. The number of amides is 1. The summed E-state index contributed by atoms with van der Waals surface area (Å²) in [7, 11) is 1.72. The van der Waals surface area contributed by atoms with Crippen molar-refractivity contribution in [3.63, 3.8) is 0 Å². The van der Waals surface area contributed by atoms with Gasteiger partial charge in [0.15, 0.2) is 5.78 Å². The van der Waals surface area contributed by atoms with E-state index in [0.29, 0.717) is 45.1 Å². The van der Waals surface area contributed by atoms with E-state index in [4.69, 9.17) is 10.5 Å². The lowest BCUT2D eigenvalue weighted by molar-refractivity contribution is -0.158. The summed E-state index contributed by atoms with van der Waals surface area (Å²) >= 11 is 0. The number of Topliss-reactive ketones (excluding diaryl/α,β-unsaturated/α-hetero) is 1. The average Bonchev–Trinajstić information content (AvgIpc) is 3.00. The third kappa shape index (κ3) is 8.88. The predicted octanol–water partition coefficient (Wildman–Crippen LogP) is 6.83. The minimum absolute atomic E-state index is 0.0539. The second kappa shape index (κ2) is 14.8. The summed E-state index contributed by atoms with van der Waals surface area (Å²) in [5, 5.41) is 2.25. The van der Waals surface area contributed by atoms with Gasteiger partial charge in [-0.05, 0) is 99.6 Å². The highest BCUT2D eigenvalue weighted by molar-refractivity contribution is 5.94. The number of carbonyl (C=O) groups is 3. The van der Waals surface area contributed by atoms with Crippen molar-refractivity contribution in [2.75, 3.05) is 13.7 Å². The van der Waals surface area contributed by atoms with Gasteiger partial charge in [-0.1, -0.05) is 78.9 Å². The Morgan fingerprint density at radius 3 is 2.30 bits per heavy atom. The molecule has 3 aromatic carbocycles. The van der Waals surface area contributed by atoms with Gasteiger partial charge >= 0.3 is 5.97 Å². The third-order valence-electron chi connectivity index (χ3n) is 8.98. The SMILES string of the molecule is CCOC(=O)C1(Cc2ccccc2)CCC(CC(=O)[C@@H](Cc2ccc3ccccc3c2)N(C)C(=O)/C=C/CC(C)(C)N)CC1. The summed E-state index contributed by atoms with van der Waals surface area (Å²) in [6.07, 6.45) is 8.24. The number of benzene rings is 3. The molecule has 6 heteroatoms. The van der Waals surface area contributed by atoms with Crippen molar-refractivity contribution in [3.8, 4) is 0 Å². The smallest absolute Gasteiger partial charge is 0.312 e. The molecule has 4 rings (SSSR count). The molecule has 0 spiro atoms. The predicted molar refractivity (Wildman–Crippen MR) is 177 cm³/mol. The van der Waals surface area contributed by atoms with Gasteiger partial charge in [-0.25, -0.2) is 0 Å². The molecule has 0 saturated heterocycles. The molecule has 0 unspecified atom stereocenters. The summed E-state index contributed by atoms with van der Waals surface area (Å²) in [5.74, 6) is -0.142. The van der Waals surface area contributed by atoms with E-state index in [1.807, 2.05) is 57.2 Å². The van der Waals surface area contributed by atoms with Gasteiger partial charge in [0, 0.05) is 19.0 Å². The minimum Gasteiger partial charge on any atom is -0.466 e. The standard InChI is InChI=1S/C38H48N2O4/c1-5-44-36(43)38(27-29-12-7-6-8-13-29)22-19-28(20-23-38)26-34(41)33(40(4)35(42)16-11-21-37(2,3)39)25-30-17-18-31-14-9-10-15-32(31)24-30/h6-18,24,28,33H,5,19-23,25-27,39H2,1-4H3/b16-11+/t28?,33-,38?/m1/s1. The number of nitrogens with two attached hydrogens (primary N) is 1. The van der Waals surface area contributed by atoms with Crippen molar-refractivity contribution in [2.45, 2.75) is 83.7 Å². The quantitative estimate of drug-likeness (QED) is 0.172. The van der Waals surface area contributed by atoms with Crippen LogP contribution in [0.2, 0.25) is 0 Å². The van der Waals surface area contributed by atoms with Crippen LogP contribution >= 0.6 is 0 Å². The Labute approximate surface area is 262 Å². The molecule has 234 valence electrons. The lowest BCUT2D eigenvalue weighted by Crippen LogP contribution is -2.44. The number of esters is 1. The molecule has 1 amide bonds. The Kier molecular flexibility index (Phi) is 11.1. The lowest BCUT2D eigenvalue weighted by atomic mass is 9.66. The van der Waals surface area contributed by atoms with E-state index in [9.17, 15) is 14.4 Å². The van der Waals surface area contributed by atoms with Crippen LogP contribution in [0, 0.1) is 11.3 Å². The van der Waals surface area contributed by atoms with E-state index in [1.165, 1.54) is 6.08 Å². The van der Waals surface area contributed by atoms with Crippen LogP contribution in [0.5, 0.6) is 0 Å². The Morgan fingerprint density at radius 1 is 0.977 bits per heavy atom. The largest absolute Gasteiger partial charge is 0.466 e. The second-order valence-corrected chi connectivity index (χ2v) is 13.2. The molecular weight excluding hydrogens is 548 g/mol. The number of likely N-dealkylation sites (N-methyl/N-ethyl adjacent to an activating group) is 1. The first-order valence-electron chi connectivity index (χ1n) is 15.9. The maximum absolute atomic E-state index is 14.0. The van der Waals surface area contributed by atoms with Gasteiger partial charge in [0.25, 0.3) is 0 Å². The molecule has 1 fully saturated rings. The van der Waals surface area contributed by atoms with Crippen LogP contribution in [0.1, 0.15) is 70.4 Å². The highest BCUT2D eigenvalue weighted by Crippen LogP contribution is 2.44. The molecule has 0 radical (unpaired) electrons. The van der Waals surface area contributed by atoms with E-state index in [1.54, 1.807) is 18.0 Å². The van der Waals surface area contributed by atoms with Crippen molar-refractivity contribution in [2.24, 2.45) is 17.1 Å². The number of nitrogens with zero attached hydrogens (tertiary/aromatic N) is 1. The van der Waals surface area contributed by atoms with Gasteiger partial charge in [0.2, 0.25) is 5.91 Å². The topological polar surface area (TPSA) is 89.7 Å². The number of rotatable bonds is 13. The number of fused-ring (bicyclic) bond motifs is 1. The van der Waals surface area contributed by atoms with E-state index in [2.05, 4.69) is 36.4 Å². The Bertz CT molecular complexity index is 1450. The van der Waals surface area contributed by atoms with E-state index >= 15 is 0 Å². The van der Waals surface area contributed by atoms with Gasteiger partial charge in [-0.3, -0.25) is 14.4 Å². The average molecular weight is 597 g/mol. The number of ketones is 1. The van der Waals surface area contributed by atoms with Gasteiger partial charge in [-0.2, -0.15) is 0 Å². The fourth-order valence-electron chi connectivity index (χ4n) is 6.37. The zero-order chi connectivity index (χ0) is 31.7. The van der Waals surface area contributed by atoms with Crippen LogP contribution < -0.4 is 5.73 Å². The number of hydrogen-bond acceptors (Lipinski definition) is 5. The molecule has 0 bridgehead atoms. The van der Waals surface area contributed by atoms with Gasteiger partial charge in [0.1, 0.15) is 0 Å². The minimum atomic E-state index is -0.597. The molecule has 1 saturated carbocycles. The van der Waals surface area contributed by atoms with Crippen LogP contribution in [-0.4, -0.2) is 47.8 Å². The Hall–Kier alpha value is -3.77. The van der Waals surface area contributed by atoms with Gasteiger partial charge in [-0.15, -0.1) is 0 Å². The van der Waals surface area contributed by atoms with Gasteiger partial charge in [0.05, 0.1) is 18.1 Å². The lowest BCUT2D eigenvalue weighted by Gasteiger charge is -2.38. The second-order valence-electron chi connectivity index (χ2n) is 13.2. The van der Waals surface area contributed by atoms with Crippen LogP contribution in [0.15, 0.2) is 84.9 Å². The van der Waals surface area contributed by atoms with Crippen molar-refractivity contribution in [1.82, 2.24) is 4.90 Å². The first kappa shape index (κ1) is 33.1. The van der Waals surface area contributed by atoms with E-state index < -0.39 is 17.0 Å². The fraction of sp³-hybridized carbons (Fsp3) is 0.447.